The highest BCUT2D eigenvalue weighted by Gasteiger charge is 2.46. The highest BCUT2D eigenvalue weighted by Crippen LogP contribution is 2.42. The Bertz CT molecular complexity index is 911. The van der Waals surface area contributed by atoms with Gasteiger partial charge in [-0.2, -0.15) is 0 Å². The average molecular weight is 364 g/mol. The van der Waals surface area contributed by atoms with E-state index in [1.54, 1.807) is 44.1 Å². The third-order valence-electron chi connectivity index (χ3n) is 4.79. The topological polar surface area (TPSA) is 70.5 Å². The van der Waals surface area contributed by atoms with Crippen LogP contribution in [0.15, 0.2) is 60.1 Å². The quantitative estimate of drug-likeness (QED) is 0.893. The predicted octanol–water partition coefficient (Wildman–Crippen LogP) is 3.90. The Balaban J connectivity index is 2.13. The van der Waals surface area contributed by atoms with Gasteiger partial charge in [0.2, 0.25) is 0 Å². The maximum Gasteiger partial charge on any atom is 0.290 e. The summed E-state index contributed by atoms with van der Waals surface area (Å²) >= 11 is 0. The second-order valence-corrected chi connectivity index (χ2v) is 7.89. The number of carbonyl (C=O) groups excluding carboxylic acids is 2. The summed E-state index contributed by atoms with van der Waals surface area (Å²) < 4.78 is 0. The number of Topliss-reactive ketones (excluding diaryl/α,β-unsaturated/α-hetero) is 1. The summed E-state index contributed by atoms with van der Waals surface area (Å²) in [5, 5.41) is 10.6. The van der Waals surface area contributed by atoms with Crippen molar-refractivity contribution in [3.05, 3.63) is 76.8 Å². The number of aromatic nitrogens is 1. The first-order valence-electron chi connectivity index (χ1n) is 8.95. The molecular weight excluding hydrogens is 340 g/mol. The lowest BCUT2D eigenvalue weighted by Crippen LogP contribution is -2.32. The van der Waals surface area contributed by atoms with Crippen molar-refractivity contribution >= 4 is 11.7 Å². The van der Waals surface area contributed by atoms with Gasteiger partial charge in [-0.15, -0.1) is 0 Å². The largest absolute Gasteiger partial charge is 0.503 e. The smallest absolute Gasteiger partial charge is 0.290 e. The molecule has 0 fully saturated rings. The van der Waals surface area contributed by atoms with Crippen LogP contribution in [0.25, 0.3) is 0 Å². The Morgan fingerprint density at radius 1 is 1.19 bits per heavy atom. The van der Waals surface area contributed by atoms with Crippen molar-refractivity contribution in [2.75, 3.05) is 0 Å². The molecule has 3 rings (SSSR count). The normalized spacial score (nSPS) is 17.6. The molecule has 140 valence electrons. The van der Waals surface area contributed by atoms with Gasteiger partial charge < -0.3 is 10.0 Å². The van der Waals surface area contributed by atoms with E-state index >= 15 is 0 Å². The molecule has 0 bridgehead atoms. The van der Waals surface area contributed by atoms with E-state index in [0.717, 1.165) is 16.7 Å². The van der Waals surface area contributed by atoms with Gasteiger partial charge in [-0.25, -0.2) is 0 Å². The van der Waals surface area contributed by atoms with Crippen LogP contribution in [-0.2, 0) is 16.1 Å². The number of pyridine rings is 1. The van der Waals surface area contributed by atoms with Crippen molar-refractivity contribution < 1.29 is 14.7 Å². The zero-order chi connectivity index (χ0) is 19.8. The van der Waals surface area contributed by atoms with E-state index in [1.807, 2.05) is 37.3 Å². The van der Waals surface area contributed by atoms with Gasteiger partial charge in [-0.05, 0) is 29.7 Å². The maximum absolute atomic E-state index is 13.1. The first-order chi connectivity index (χ1) is 12.7. The van der Waals surface area contributed by atoms with Crippen molar-refractivity contribution in [2.45, 2.75) is 40.3 Å². The molecule has 2 aromatic rings. The molecule has 0 saturated heterocycles. The lowest BCUT2D eigenvalue weighted by atomic mass is 9.81. The number of nitrogens with zero attached hydrogens (tertiary/aromatic N) is 2. The van der Waals surface area contributed by atoms with Crippen LogP contribution in [0.3, 0.4) is 0 Å². The minimum atomic E-state index is -0.713. The van der Waals surface area contributed by atoms with Crippen LogP contribution in [0, 0.1) is 12.3 Å². The van der Waals surface area contributed by atoms with E-state index in [4.69, 9.17) is 0 Å². The number of rotatable bonds is 4. The lowest BCUT2D eigenvalue weighted by molar-refractivity contribution is -0.130. The molecule has 1 unspecified atom stereocenters. The number of ketones is 1. The van der Waals surface area contributed by atoms with Crippen molar-refractivity contribution in [2.24, 2.45) is 5.41 Å². The van der Waals surface area contributed by atoms with Crippen LogP contribution in [0.2, 0.25) is 0 Å². The molecule has 27 heavy (non-hydrogen) atoms. The first kappa shape index (κ1) is 18.8. The van der Waals surface area contributed by atoms with Crippen molar-refractivity contribution in [1.82, 2.24) is 9.88 Å². The molecule has 1 aliphatic heterocycles. The van der Waals surface area contributed by atoms with Crippen LogP contribution >= 0.6 is 0 Å². The van der Waals surface area contributed by atoms with Crippen molar-refractivity contribution in [1.29, 1.82) is 0 Å². The maximum atomic E-state index is 13.1. The van der Waals surface area contributed by atoms with E-state index in [1.165, 1.54) is 0 Å². The summed E-state index contributed by atoms with van der Waals surface area (Å²) in [6.07, 6.45) is 3.35. The number of aliphatic hydroxyl groups is 1. The van der Waals surface area contributed by atoms with Gasteiger partial charge in [0.05, 0.1) is 11.6 Å². The van der Waals surface area contributed by atoms with Crippen LogP contribution in [0.5, 0.6) is 0 Å². The summed E-state index contributed by atoms with van der Waals surface area (Å²) in [5.74, 6) is -1.21. The van der Waals surface area contributed by atoms with E-state index in [9.17, 15) is 14.7 Å². The second-order valence-electron chi connectivity index (χ2n) is 7.89. The summed E-state index contributed by atoms with van der Waals surface area (Å²) in [6.45, 7) is 7.57. The Labute approximate surface area is 159 Å². The predicted molar refractivity (Wildman–Crippen MR) is 103 cm³/mol. The van der Waals surface area contributed by atoms with E-state index < -0.39 is 23.1 Å². The van der Waals surface area contributed by atoms with E-state index in [-0.39, 0.29) is 17.9 Å². The molecule has 5 heteroatoms. The fourth-order valence-electron chi connectivity index (χ4n) is 3.36. The third-order valence-corrected chi connectivity index (χ3v) is 4.79. The van der Waals surface area contributed by atoms with E-state index in [2.05, 4.69) is 4.98 Å². The standard InChI is InChI=1S/C22H24N2O3/c1-14-8-5-6-10-16(14)18-17(20(26)22(2,3)4)19(25)21(27)24(18)13-15-9-7-11-23-12-15/h5-12,18,25H,13H2,1-4H3. The lowest BCUT2D eigenvalue weighted by Gasteiger charge is -2.29. The minimum Gasteiger partial charge on any atom is -0.503 e. The fourth-order valence-corrected chi connectivity index (χ4v) is 3.36. The third kappa shape index (κ3) is 3.50. The zero-order valence-electron chi connectivity index (χ0n) is 16.1. The molecule has 5 nitrogen and oxygen atoms in total. The number of aliphatic hydroxyl groups excluding tert-OH is 1. The second kappa shape index (κ2) is 6.99. The van der Waals surface area contributed by atoms with Gasteiger partial charge in [-0.3, -0.25) is 14.6 Å². The number of hydrogen-bond donors (Lipinski definition) is 1. The summed E-state index contributed by atoms with van der Waals surface area (Å²) in [5.41, 5.74) is 2.09. The molecule has 1 aromatic heterocycles. The number of benzene rings is 1. The zero-order valence-corrected chi connectivity index (χ0v) is 16.1. The highest BCUT2D eigenvalue weighted by molar-refractivity contribution is 6.10. The number of carbonyl (C=O) groups is 2. The van der Waals surface area contributed by atoms with Gasteiger partial charge in [0.1, 0.15) is 0 Å². The molecular formula is C22H24N2O3. The molecule has 1 amide bonds. The molecule has 2 heterocycles. The van der Waals surface area contributed by atoms with Crippen molar-refractivity contribution in [3.8, 4) is 0 Å². The molecule has 1 aromatic carbocycles. The Kier molecular flexibility index (Phi) is 4.87. The van der Waals surface area contributed by atoms with Gasteiger partial charge in [-0.1, -0.05) is 51.1 Å². The van der Waals surface area contributed by atoms with Crippen LogP contribution in [0.1, 0.15) is 43.5 Å². The molecule has 0 spiro atoms. The average Bonchev–Trinajstić information content (AvgIpc) is 2.86. The number of amides is 1. The summed E-state index contributed by atoms with van der Waals surface area (Å²) in [7, 11) is 0. The van der Waals surface area contributed by atoms with Gasteiger partial charge in [0, 0.05) is 24.4 Å². The van der Waals surface area contributed by atoms with Crippen LogP contribution < -0.4 is 0 Å². The first-order valence-corrected chi connectivity index (χ1v) is 8.95. The summed E-state index contributed by atoms with van der Waals surface area (Å²) in [4.78, 5) is 31.6. The molecule has 1 aliphatic rings. The SMILES string of the molecule is Cc1ccccc1C1C(C(=O)C(C)(C)C)=C(O)C(=O)N1Cc1cccnc1. The number of aryl methyl sites for hydroxylation is 1. The Hall–Kier alpha value is -2.95. The highest BCUT2D eigenvalue weighted by atomic mass is 16.3. The molecule has 0 aliphatic carbocycles. The number of hydrogen-bond acceptors (Lipinski definition) is 4. The van der Waals surface area contributed by atoms with Crippen molar-refractivity contribution in [3.63, 3.8) is 0 Å². The van der Waals surface area contributed by atoms with Gasteiger partial charge >= 0.3 is 0 Å². The van der Waals surface area contributed by atoms with Gasteiger partial charge in [0.15, 0.2) is 11.5 Å². The molecule has 1 atom stereocenters. The minimum absolute atomic E-state index is 0.172. The molecule has 0 radical (unpaired) electrons. The van der Waals surface area contributed by atoms with E-state index in [0.29, 0.717) is 0 Å². The van der Waals surface area contributed by atoms with Gasteiger partial charge in [0.25, 0.3) is 5.91 Å². The summed E-state index contributed by atoms with van der Waals surface area (Å²) in [6, 6.07) is 10.7. The Morgan fingerprint density at radius 2 is 1.89 bits per heavy atom. The molecule has 0 saturated carbocycles. The fraction of sp³-hybridized carbons (Fsp3) is 0.318. The van der Waals surface area contributed by atoms with Crippen LogP contribution in [0.4, 0.5) is 0 Å². The molecule has 1 N–H and O–H groups in total. The monoisotopic (exact) mass is 364 g/mol. The Morgan fingerprint density at radius 3 is 2.48 bits per heavy atom. The van der Waals surface area contributed by atoms with Crippen LogP contribution in [-0.4, -0.2) is 26.7 Å².